The predicted octanol–water partition coefficient (Wildman–Crippen LogP) is 3.11. The highest BCUT2D eigenvalue weighted by atomic mass is 32.1. The average molecular weight is 198 g/mol. The molecule has 0 spiro atoms. The monoisotopic (exact) mass is 198 g/mol. The van der Waals surface area contributed by atoms with Gasteiger partial charge in [-0.25, -0.2) is 4.98 Å². The molecule has 1 aromatic rings. The molecule has 0 amide bonds. The Morgan fingerprint density at radius 1 is 1.31 bits per heavy atom. The van der Waals surface area contributed by atoms with Crippen molar-refractivity contribution in [3.05, 3.63) is 11.1 Å². The lowest BCUT2D eigenvalue weighted by atomic mass is 10.2. The molecule has 0 aliphatic rings. The Morgan fingerprint density at radius 2 is 1.92 bits per heavy atom. The second-order valence-corrected chi connectivity index (χ2v) is 4.75. The maximum absolute atomic E-state index is 4.58. The maximum atomic E-state index is 4.58. The molecular formula is C10H18N2S. The minimum absolute atomic E-state index is 0.520. The smallest absolute Gasteiger partial charge is 0.185 e. The van der Waals surface area contributed by atoms with Crippen LogP contribution in [0.5, 0.6) is 0 Å². The summed E-state index contributed by atoms with van der Waals surface area (Å²) in [5.74, 6) is 0.533. The zero-order valence-electron chi connectivity index (χ0n) is 9.03. The predicted molar refractivity (Wildman–Crippen MR) is 59.7 cm³/mol. The van der Waals surface area contributed by atoms with Crippen LogP contribution >= 0.6 is 11.3 Å². The van der Waals surface area contributed by atoms with Crippen LogP contribution < -0.4 is 4.90 Å². The second kappa shape index (κ2) is 4.09. The van der Waals surface area contributed by atoms with Gasteiger partial charge in [-0.3, -0.25) is 0 Å². The van der Waals surface area contributed by atoms with Gasteiger partial charge in [-0.15, -0.1) is 11.3 Å². The Kier molecular flexibility index (Phi) is 3.31. The van der Waals surface area contributed by atoms with Gasteiger partial charge in [-0.05, 0) is 19.8 Å². The van der Waals surface area contributed by atoms with Gasteiger partial charge in [0.2, 0.25) is 0 Å². The summed E-state index contributed by atoms with van der Waals surface area (Å²) in [6.07, 6.45) is 0. The van der Waals surface area contributed by atoms with Crippen molar-refractivity contribution in [2.75, 3.05) is 11.9 Å². The zero-order valence-corrected chi connectivity index (χ0v) is 9.85. The van der Waals surface area contributed by atoms with E-state index in [1.165, 1.54) is 5.69 Å². The third-order valence-electron chi connectivity index (χ3n) is 2.18. The maximum Gasteiger partial charge on any atom is 0.185 e. The third-order valence-corrected chi connectivity index (χ3v) is 3.13. The summed E-state index contributed by atoms with van der Waals surface area (Å²) < 4.78 is 0. The minimum atomic E-state index is 0.520. The molecule has 0 bridgehead atoms. The van der Waals surface area contributed by atoms with Crippen LogP contribution in [0.1, 0.15) is 39.3 Å². The fourth-order valence-corrected chi connectivity index (χ4v) is 2.01. The Morgan fingerprint density at radius 3 is 2.31 bits per heavy atom. The molecule has 0 aromatic carbocycles. The van der Waals surface area contributed by atoms with E-state index in [1.807, 2.05) is 0 Å². The molecule has 1 rings (SSSR count). The lowest BCUT2D eigenvalue weighted by molar-refractivity contribution is 0.744. The van der Waals surface area contributed by atoms with Crippen molar-refractivity contribution in [1.29, 1.82) is 0 Å². The lowest BCUT2D eigenvalue weighted by Crippen LogP contribution is -2.25. The van der Waals surface area contributed by atoms with Crippen LogP contribution in [0.3, 0.4) is 0 Å². The van der Waals surface area contributed by atoms with Crippen LogP contribution in [0.25, 0.3) is 0 Å². The molecule has 0 atom stereocenters. The summed E-state index contributed by atoms with van der Waals surface area (Å²) in [5.41, 5.74) is 1.20. The normalized spacial score (nSPS) is 11.3. The first-order valence-electron chi connectivity index (χ1n) is 4.70. The van der Waals surface area contributed by atoms with Crippen LogP contribution in [-0.4, -0.2) is 18.1 Å². The molecule has 2 nitrogen and oxygen atoms in total. The molecule has 1 aromatic heterocycles. The molecular weight excluding hydrogens is 180 g/mol. The SMILES string of the molecule is CC(C)c1csc(N(C)C(C)C)n1. The van der Waals surface area contributed by atoms with Crippen LogP contribution in [0, 0.1) is 0 Å². The van der Waals surface area contributed by atoms with Gasteiger partial charge >= 0.3 is 0 Å². The Hall–Kier alpha value is -0.570. The summed E-state index contributed by atoms with van der Waals surface area (Å²) in [6.45, 7) is 8.70. The van der Waals surface area contributed by atoms with Crippen LogP contribution in [0.2, 0.25) is 0 Å². The van der Waals surface area contributed by atoms with Crippen molar-refractivity contribution in [2.45, 2.75) is 39.7 Å². The van der Waals surface area contributed by atoms with Crippen LogP contribution in [0.4, 0.5) is 5.13 Å². The van der Waals surface area contributed by atoms with Gasteiger partial charge in [0.05, 0.1) is 5.69 Å². The highest BCUT2D eigenvalue weighted by Crippen LogP contribution is 2.24. The van der Waals surface area contributed by atoms with Crippen molar-refractivity contribution in [3.8, 4) is 0 Å². The first-order valence-corrected chi connectivity index (χ1v) is 5.58. The average Bonchev–Trinajstić information content (AvgIpc) is 2.50. The standard InChI is InChI=1S/C10H18N2S/c1-7(2)9-6-13-10(11-9)12(5)8(3)4/h6-8H,1-5H3. The summed E-state index contributed by atoms with van der Waals surface area (Å²) in [7, 11) is 2.09. The molecule has 0 saturated carbocycles. The number of thiazole rings is 1. The highest BCUT2D eigenvalue weighted by molar-refractivity contribution is 7.13. The van der Waals surface area contributed by atoms with Gasteiger partial charge in [-0.2, -0.15) is 0 Å². The quantitative estimate of drug-likeness (QED) is 0.742. The van der Waals surface area contributed by atoms with E-state index in [1.54, 1.807) is 11.3 Å². The van der Waals surface area contributed by atoms with Crippen molar-refractivity contribution < 1.29 is 0 Å². The van der Waals surface area contributed by atoms with Gasteiger partial charge < -0.3 is 4.90 Å². The number of rotatable bonds is 3. The van der Waals surface area contributed by atoms with Crippen molar-refractivity contribution in [2.24, 2.45) is 0 Å². The molecule has 0 aliphatic carbocycles. The largest absolute Gasteiger partial charge is 0.349 e. The number of anilines is 1. The van der Waals surface area contributed by atoms with E-state index < -0.39 is 0 Å². The van der Waals surface area contributed by atoms with E-state index in [9.17, 15) is 0 Å². The van der Waals surface area contributed by atoms with E-state index in [0.29, 0.717) is 12.0 Å². The van der Waals surface area contributed by atoms with Crippen LogP contribution in [-0.2, 0) is 0 Å². The molecule has 0 radical (unpaired) electrons. The summed E-state index contributed by atoms with van der Waals surface area (Å²) in [4.78, 5) is 6.78. The molecule has 0 aliphatic heterocycles. The van der Waals surface area contributed by atoms with E-state index in [0.717, 1.165) is 5.13 Å². The minimum Gasteiger partial charge on any atom is -0.349 e. The van der Waals surface area contributed by atoms with Crippen molar-refractivity contribution >= 4 is 16.5 Å². The number of hydrogen-bond donors (Lipinski definition) is 0. The summed E-state index contributed by atoms with van der Waals surface area (Å²) >= 11 is 1.73. The molecule has 0 unspecified atom stereocenters. The van der Waals surface area contributed by atoms with Gasteiger partial charge in [0.15, 0.2) is 5.13 Å². The van der Waals surface area contributed by atoms with E-state index in [2.05, 4.69) is 50.0 Å². The topological polar surface area (TPSA) is 16.1 Å². The van der Waals surface area contributed by atoms with Crippen molar-refractivity contribution in [3.63, 3.8) is 0 Å². The lowest BCUT2D eigenvalue weighted by Gasteiger charge is -2.19. The molecule has 13 heavy (non-hydrogen) atoms. The fourth-order valence-electron chi connectivity index (χ4n) is 0.924. The molecule has 0 saturated heterocycles. The third kappa shape index (κ3) is 2.44. The summed E-state index contributed by atoms with van der Waals surface area (Å²) in [6, 6.07) is 0.520. The van der Waals surface area contributed by atoms with Gasteiger partial charge in [0, 0.05) is 18.5 Å². The molecule has 74 valence electrons. The molecule has 3 heteroatoms. The first kappa shape index (κ1) is 10.5. The van der Waals surface area contributed by atoms with E-state index >= 15 is 0 Å². The summed E-state index contributed by atoms with van der Waals surface area (Å²) in [5, 5.41) is 3.28. The Balaban J connectivity index is 2.79. The highest BCUT2D eigenvalue weighted by Gasteiger charge is 2.10. The number of aromatic nitrogens is 1. The van der Waals surface area contributed by atoms with Gasteiger partial charge in [0.1, 0.15) is 0 Å². The van der Waals surface area contributed by atoms with Crippen LogP contribution in [0.15, 0.2) is 5.38 Å². The Bertz CT molecular complexity index is 266. The molecule has 0 N–H and O–H groups in total. The molecule has 0 fully saturated rings. The van der Waals surface area contributed by atoms with Gasteiger partial charge in [0.25, 0.3) is 0 Å². The van der Waals surface area contributed by atoms with E-state index in [-0.39, 0.29) is 0 Å². The Labute approximate surface area is 84.6 Å². The number of hydrogen-bond acceptors (Lipinski definition) is 3. The van der Waals surface area contributed by atoms with Crippen molar-refractivity contribution in [1.82, 2.24) is 4.98 Å². The fraction of sp³-hybridized carbons (Fsp3) is 0.700. The van der Waals surface area contributed by atoms with Gasteiger partial charge in [-0.1, -0.05) is 13.8 Å². The van der Waals surface area contributed by atoms with E-state index in [4.69, 9.17) is 0 Å². The molecule has 1 heterocycles. The zero-order chi connectivity index (χ0) is 10.0. The number of nitrogens with zero attached hydrogens (tertiary/aromatic N) is 2. The first-order chi connectivity index (χ1) is 6.02. The second-order valence-electron chi connectivity index (χ2n) is 3.91.